The van der Waals surface area contributed by atoms with Crippen molar-refractivity contribution >= 4 is 24.2 Å². The van der Waals surface area contributed by atoms with Crippen LogP contribution in [0.15, 0.2) is 15.8 Å². The minimum Gasteiger partial charge on any atom is -0.352 e. The minimum atomic E-state index is -0.603. The maximum atomic E-state index is 12.6. The quantitative estimate of drug-likeness (QED) is 0.594. The van der Waals surface area contributed by atoms with Gasteiger partial charge in [-0.1, -0.05) is 0 Å². The van der Waals surface area contributed by atoms with Crippen molar-refractivity contribution in [2.24, 2.45) is 11.8 Å². The summed E-state index contributed by atoms with van der Waals surface area (Å²) in [7, 11) is 0. The number of aromatic amines is 1. The third-order valence-corrected chi connectivity index (χ3v) is 6.41. The summed E-state index contributed by atoms with van der Waals surface area (Å²) in [5, 5.41) is 6.39. The van der Waals surface area contributed by atoms with Crippen molar-refractivity contribution in [3.8, 4) is 0 Å². The molecule has 3 aliphatic rings. The van der Waals surface area contributed by atoms with E-state index >= 15 is 0 Å². The molecule has 4 atom stereocenters. The molecule has 1 aromatic heterocycles. The van der Waals surface area contributed by atoms with Crippen molar-refractivity contribution in [3.05, 3.63) is 32.6 Å². The number of aromatic nitrogens is 2. The third-order valence-electron chi connectivity index (χ3n) is 6.41. The molecule has 4 heterocycles. The molecule has 2 bridgehead atoms. The smallest absolute Gasteiger partial charge is 0.328 e. The van der Waals surface area contributed by atoms with Gasteiger partial charge in [0, 0.05) is 37.3 Å². The van der Waals surface area contributed by atoms with Crippen molar-refractivity contribution in [2.75, 3.05) is 19.6 Å². The molecule has 10 heteroatoms. The fourth-order valence-electron chi connectivity index (χ4n) is 5.06. The van der Waals surface area contributed by atoms with Crippen molar-refractivity contribution < 1.29 is 9.59 Å². The van der Waals surface area contributed by atoms with Crippen LogP contribution in [0.1, 0.15) is 31.2 Å². The number of hydrogen-bond donors (Lipinski definition) is 3. The van der Waals surface area contributed by atoms with Gasteiger partial charge in [0.2, 0.25) is 11.8 Å². The number of rotatable bonds is 4. The summed E-state index contributed by atoms with van der Waals surface area (Å²) >= 11 is 0. The van der Waals surface area contributed by atoms with Crippen molar-refractivity contribution in [1.29, 1.82) is 0 Å². The van der Waals surface area contributed by atoms with E-state index in [1.165, 1.54) is 10.8 Å². The van der Waals surface area contributed by atoms with Crippen LogP contribution in [-0.4, -0.2) is 58.0 Å². The lowest BCUT2D eigenvalue weighted by atomic mass is 9.72. The topological polar surface area (TPSA) is 116 Å². The molecule has 4 rings (SSSR count). The Kier molecular flexibility index (Phi) is 6.48. The maximum Gasteiger partial charge on any atom is 0.328 e. The molecule has 3 fully saturated rings. The predicted molar refractivity (Wildman–Crippen MR) is 109 cm³/mol. The van der Waals surface area contributed by atoms with Gasteiger partial charge in [-0.15, -0.1) is 12.4 Å². The number of H-pyrrole nitrogens is 1. The standard InChI is InChI=1S/C19H27N5O4.ClH/c1-11-9-23(19(28)22-18(11)27)10-16(25)21-8-15-13-5-12(6-20-7-13)14-3-2-4-17(26)24(14)15;/h9,12-15,20H,2-8,10H2,1H3,(H,21,25)(H,22,27,28);1H/t12-,13+,14+,15+;/m1./s1. The van der Waals surface area contributed by atoms with E-state index in [2.05, 4.69) is 15.6 Å². The van der Waals surface area contributed by atoms with E-state index < -0.39 is 11.2 Å². The second-order valence-corrected chi connectivity index (χ2v) is 8.25. The Labute approximate surface area is 174 Å². The zero-order valence-corrected chi connectivity index (χ0v) is 17.3. The summed E-state index contributed by atoms with van der Waals surface area (Å²) in [4.78, 5) is 52.6. The van der Waals surface area contributed by atoms with Crippen LogP contribution in [0.3, 0.4) is 0 Å². The number of piperidine rings is 3. The summed E-state index contributed by atoms with van der Waals surface area (Å²) in [5.41, 5.74) is -0.673. The van der Waals surface area contributed by atoms with E-state index in [1.807, 2.05) is 4.90 Å². The normalized spacial score (nSPS) is 28.3. The van der Waals surface area contributed by atoms with E-state index in [4.69, 9.17) is 0 Å². The molecule has 0 radical (unpaired) electrons. The van der Waals surface area contributed by atoms with Crippen LogP contribution in [-0.2, 0) is 16.1 Å². The average molecular weight is 426 g/mol. The van der Waals surface area contributed by atoms with Gasteiger partial charge in [-0.3, -0.25) is 23.9 Å². The van der Waals surface area contributed by atoms with Gasteiger partial charge in [0.1, 0.15) is 6.54 Å². The lowest BCUT2D eigenvalue weighted by Crippen LogP contribution is -2.66. The first kappa shape index (κ1) is 21.6. The van der Waals surface area contributed by atoms with Gasteiger partial charge < -0.3 is 15.5 Å². The molecule has 3 aliphatic heterocycles. The third kappa shape index (κ3) is 4.25. The highest BCUT2D eigenvalue weighted by atomic mass is 35.5. The van der Waals surface area contributed by atoms with Crippen LogP contribution >= 0.6 is 12.4 Å². The molecule has 160 valence electrons. The first-order chi connectivity index (χ1) is 13.4. The van der Waals surface area contributed by atoms with Gasteiger partial charge in [0.25, 0.3) is 5.56 Å². The largest absolute Gasteiger partial charge is 0.352 e. The van der Waals surface area contributed by atoms with E-state index in [9.17, 15) is 19.2 Å². The molecule has 0 saturated carbocycles. The molecule has 0 spiro atoms. The number of aryl methyl sites for hydroxylation is 1. The second kappa shape index (κ2) is 8.71. The fraction of sp³-hybridized carbons (Fsp3) is 0.684. The van der Waals surface area contributed by atoms with E-state index in [1.54, 1.807) is 6.92 Å². The Morgan fingerprint density at radius 1 is 1.24 bits per heavy atom. The number of nitrogens with one attached hydrogen (secondary N) is 3. The molecule has 0 aromatic carbocycles. The van der Waals surface area contributed by atoms with Gasteiger partial charge in [-0.25, -0.2) is 4.79 Å². The van der Waals surface area contributed by atoms with Gasteiger partial charge in [0.05, 0.1) is 6.04 Å². The zero-order valence-electron chi connectivity index (χ0n) is 16.5. The van der Waals surface area contributed by atoms with Crippen LogP contribution in [0.2, 0.25) is 0 Å². The Bertz CT molecular complexity index is 897. The van der Waals surface area contributed by atoms with Crippen LogP contribution in [0.4, 0.5) is 0 Å². The molecular weight excluding hydrogens is 398 g/mol. The molecule has 9 nitrogen and oxygen atoms in total. The molecule has 0 aliphatic carbocycles. The number of nitrogens with zero attached hydrogens (tertiary/aromatic N) is 2. The Hall–Kier alpha value is -2.13. The van der Waals surface area contributed by atoms with Crippen LogP contribution in [0.25, 0.3) is 0 Å². The highest BCUT2D eigenvalue weighted by Gasteiger charge is 2.47. The first-order valence-corrected chi connectivity index (χ1v) is 10.0. The molecular formula is C19H28ClN5O4. The first-order valence-electron chi connectivity index (χ1n) is 10.0. The highest BCUT2D eigenvalue weighted by Crippen LogP contribution is 2.39. The molecule has 3 saturated heterocycles. The number of carbonyl (C=O) groups excluding carboxylic acids is 2. The monoisotopic (exact) mass is 425 g/mol. The summed E-state index contributed by atoms with van der Waals surface area (Å²) < 4.78 is 1.19. The summed E-state index contributed by atoms with van der Waals surface area (Å²) in [5.74, 6) is 0.716. The summed E-state index contributed by atoms with van der Waals surface area (Å²) in [6, 6.07) is 0.247. The lowest BCUT2D eigenvalue weighted by molar-refractivity contribution is -0.149. The van der Waals surface area contributed by atoms with Crippen LogP contribution < -0.4 is 21.9 Å². The summed E-state index contributed by atoms with van der Waals surface area (Å²) in [6.07, 6.45) is 5.03. The Morgan fingerprint density at radius 3 is 2.79 bits per heavy atom. The SMILES string of the molecule is Cc1cn(CC(=O)NC[C@H]2[C@@H]3CNC[C@@H](C3)[C@@H]3CCCC(=O)N32)c(=O)[nH]c1=O.Cl. The maximum absolute atomic E-state index is 12.6. The average Bonchev–Trinajstić information content (AvgIpc) is 2.67. The van der Waals surface area contributed by atoms with Crippen LogP contribution in [0, 0.1) is 18.8 Å². The number of amides is 2. The molecule has 1 aromatic rings. The molecule has 29 heavy (non-hydrogen) atoms. The second-order valence-electron chi connectivity index (χ2n) is 8.25. The minimum absolute atomic E-state index is 0. The van der Waals surface area contributed by atoms with E-state index in [0.29, 0.717) is 30.4 Å². The van der Waals surface area contributed by atoms with Crippen molar-refractivity contribution in [1.82, 2.24) is 25.1 Å². The highest BCUT2D eigenvalue weighted by molar-refractivity contribution is 5.85. The van der Waals surface area contributed by atoms with E-state index in [-0.39, 0.29) is 42.8 Å². The zero-order chi connectivity index (χ0) is 19.8. The molecule has 3 N–H and O–H groups in total. The molecule has 0 unspecified atom stereocenters. The van der Waals surface area contributed by atoms with E-state index in [0.717, 1.165) is 32.4 Å². The van der Waals surface area contributed by atoms with Crippen molar-refractivity contribution in [2.45, 2.75) is 51.2 Å². The number of halogens is 1. The molecule has 2 amide bonds. The summed E-state index contributed by atoms with van der Waals surface area (Å²) in [6.45, 7) is 3.62. The van der Waals surface area contributed by atoms with Gasteiger partial charge in [0.15, 0.2) is 0 Å². The fourth-order valence-corrected chi connectivity index (χ4v) is 5.06. The Morgan fingerprint density at radius 2 is 2.00 bits per heavy atom. The van der Waals surface area contributed by atoms with Gasteiger partial charge in [-0.05, 0) is 44.6 Å². The number of hydrogen-bond acceptors (Lipinski definition) is 5. The number of fused-ring (bicyclic) bond motifs is 4. The van der Waals surface area contributed by atoms with Crippen LogP contribution in [0.5, 0.6) is 0 Å². The van der Waals surface area contributed by atoms with Crippen molar-refractivity contribution in [3.63, 3.8) is 0 Å². The number of carbonyl (C=O) groups is 2. The Balaban J connectivity index is 0.00000240. The van der Waals surface area contributed by atoms with Gasteiger partial charge >= 0.3 is 5.69 Å². The van der Waals surface area contributed by atoms with Gasteiger partial charge in [-0.2, -0.15) is 0 Å². The lowest BCUT2D eigenvalue weighted by Gasteiger charge is -2.54. The predicted octanol–water partition coefficient (Wildman–Crippen LogP) is -0.628.